The average molecular weight is 368 g/mol. The summed E-state index contributed by atoms with van der Waals surface area (Å²) in [5, 5.41) is 5.73. The molecule has 2 aromatic rings. The van der Waals surface area contributed by atoms with Crippen LogP contribution in [0, 0.1) is 11.3 Å². The van der Waals surface area contributed by atoms with Crippen molar-refractivity contribution in [3.05, 3.63) is 34.2 Å². The molecule has 1 spiro atoms. The van der Waals surface area contributed by atoms with Crippen LogP contribution in [0.1, 0.15) is 37.3 Å². The zero-order chi connectivity index (χ0) is 18.8. The van der Waals surface area contributed by atoms with E-state index in [2.05, 4.69) is 16.7 Å². The second-order valence-electron chi connectivity index (χ2n) is 8.55. The number of aromatic nitrogens is 2. The molecular weight excluding hydrogens is 344 g/mol. The summed E-state index contributed by atoms with van der Waals surface area (Å²) < 4.78 is 3.23. The van der Waals surface area contributed by atoms with Gasteiger partial charge in [-0.25, -0.2) is 4.79 Å². The zero-order valence-electron chi connectivity index (χ0n) is 15.5. The Bertz CT molecular complexity index is 1010. The summed E-state index contributed by atoms with van der Waals surface area (Å²) in [7, 11) is 1.77. The van der Waals surface area contributed by atoms with Gasteiger partial charge in [0.1, 0.15) is 6.04 Å². The Morgan fingerprint density at radius 3 is 2.63 bits per heavy atom. The van der Waals surface area contributed by atoms with Gasteiger partial charge in [0.2, 0.25) is 11.8 Å². The van der Waals surface area contributed by atoms with Gasteiger partial charge in [-0.3, -0.25) is 24.0 Å². The van der Waals surface area contributed by atoms with Crippen LogP contribution in [0.4, 0.5) is 0 Å². The summed E-state index contributed by atoms with van der Waals surface area (Å²) >= 11 is 0. The number of carbonyl (C=O) groups excluding carboxylic acids is 2. The van der Waals surface area contributed by atoms with Crippen molar-refractivity contribution in [2.75, 3.05) is 13.1 Å². The summed E-state index contributed by atoms with van der Waals surface area (Å²) in [6.45, 7) is 2.27. The van der Waals surface area contributed by atoms with Crippen molar-refractivity contribution in [2.45, 2.75) is 38.1 Å². The number of piperidine rings is 1. The van der Waals surface area contributed by atoms with Crippen molar-refractivity contribution in [3.63, 3.8) is 0 Å². The smallest absolute Gasteiger partial charge is 0.316 e. The van der Waals surface area contributed by atoms with E-state index in [1.807, 2.05) is 12.1 Å². The number of imide groups is 1. The number of rotatable bonds is 3. The van der Waals surface area contributed by atoms with Crippen molar-refractivity contribution in [3.8, 4) is 0 Å². The van der Waals surface area contributed by atoms with Gasteiger partial charge in [-0.15, -0.1) is 0 Å². The SMILES string of the molecule is Cn1c(=O)n(C2CCC(=O)NC2=O)c2cccc(CC3CC4(CNC4)C3)c21. The Kier molecular flexibility index (Phi) is 3.59. The fourth-order valence-electron chi connectivity index (χ4n) is 5.30. The van der Waals surface area contributed by atoms with Crippen LogP contribution in [-0.4, -0.2) is 34.0 Å². The van der Waals surface area contributed by atoms with Crippen molar-refractivity contribution in [2.24, 2.45) is 18.4 Å². The van der Waals surface area contributed by atoms with E-state index in [-0.39, 0.29) is 23.9 Å². The lowest BCUT2D eigenvalue weighted by Gasteiger charge is -2.54. The normalized spacial score (nSPS) is 24.7. The number of amides is 2. The Morgan fingerprint density at radius 2 is 1.96 bits per heavy atom. The predicted octanol–water partition coefficient (Wildman–Crippen LogP) is 0.860. The van der Waals surface area contributed by atoms with Crippen LogP contribution in [0.3, 0.4) is 0 Å². The van der Waals surface area contributed by atoms with Crippen LogP contribution in [0.25, 0.3) is 11.0 Å². The van der Waals surface area contributed by atoms with E-state index in [1.54, 1.807) is 16.2 Å². The molecular formula is C20H24N4O3. The van der Waals surface area contributed by atoms with Crippen LogP contribution in [-0.2, 0) is 23.1 Å². The molecule has 3 aliphatic rings. The maximum atomic E-state index is 12.9. The number of imidazole rings is 1. The van der Waals surface area contributed by atoms with Crippen molar-refractivity contribution < 1.29 is 9.59 Å². The molecule has 1 aromatic carbocycles. The van der Waals surface area contributed by atoms with Crippen LogP contribution in [0.15, 0.2) is 23.0 Å². The van der Waals surface area contributed by atoms with Gasteiger partial charge in [-0.1, -0.05) is 12.1 Å². The lowest BCUT2D eigenvalue weighted by atomic mass is 9.57. The van der Waals surface area contributed by atoms with E-state index < -0.39 is 6.04 Å². The minimum Gasteiger partial charge on any atom is -0.316 e. The molecule has 1 unspecified atom stereocenters. The summed E-state index contributed by atoms with van der Waals surface area (Å²) in [5.41, 5.74) is 3.21. The number of carbonyl (C=O) groups is 2. The Morgan fingerprint density at radius 1 is 1.19 bits per heavy atom. The maximum absolute atomic E-state index is 12.9. The highest BCUT2D eigenvalue weighted by Gasteiger charge is 2.48. The lowest BCUT2D eigenvalue weighted by Crippen LogP contribution is -2.60. The van der Waals surface area contributed by atoms with E-state index in [4.69, 9.17) is 0 Å². The van der Waals surface area contributed by atoms with Gasteiger partial charge in [0.25, 0.3) is 0 Å². The predicted molar refractivity (Wildman–Crippen MR) is 100 cm³/mol. The zero-order valence-corrected chi connectivity index (χ0v) is 15.5. The summed E-state index contributed by atoms with van der Waals surface area (Å²) in [6, 6.07) is 5.35. The molecule has 3 fully saturated rings. The summed E-state index contributed by atoms with van der Waals surface area (Å²) in [6.07, 6.45) is 4.09. The number of hydrogen-bond donors (Lipinski definition) is 2. The van der Waals surface area contributed by atoms with Gasteiger partial charge in [-0.05, 0) is 48.6 Å². The Labute approximate surface area is 156 Å². The highest BCUT2D eigenvalue weighted by molar-refractivity contribution is 6.00. The van der Waals surface area contributed by atoms with Gasteiger partial charge >= 0.3 is 5.69 Å². The lowest BCUT2D eigenvalue weighted by molar-refractivity contribution is -0.135. The molecule has 2 amide bonds. The molecule has 3 heterocycles. The summed E-state index contributed by atoms with van der Waals surface area (Å²) in [4.78, 5) is 36.8. The molecule has 0 radical (unpaired) electrons. The van der Waals surface area contributed by atoms with Gasteiger partial charge in [0.05, 0.1) is 11.0 Å². The first-order chi connectivity index (χ1) is 13.0. The molecule has 7 heteroatoms. The molecule has 5 rings (SSSR count). The third kappa shape index (κ3) is 2.48. The van der Waals surface area contributed by atoms with Gasteiger partial charge in [0.15, 0.2) is 0 Å². The number of aryl methyl sites for hydroxylation is 1. The first kappa shape index (κ1) is 16.7. The average Bonchev–Trinajstić information content (AvgIpc) is 2.81. The number of para-hydroxylation sites is 1. The number of fused-ring (bicyclic) bond motifs is 1. The van der Waals surface area contributed by atoms with E-state index in [0.717, 1.165) is 30.5 Å². The van der Waals surface area contributed by atoms with E-state index in [1.165, 1.54) is 18.4 Å². The monoisotopic (exact) mass is 368 g/mol. The molecule has 1 aromatic heterocycles. The standard InChI is InChI=1S/C20H24N4O3/c1-23-17-13(7-12-8-20(9-12)10-21-11-20)3-2-4-14(17)24(19(23)27)15-5-6-16(25)22-18(15)26/h2-4,12,15,21H,5-11H2,1H3,(H,22,25,26). The maximum Gasteiger partial charge on any atom is 0.329 e. The number of nitrogens with zero attached hydrogens (tertiary/aromatic N) is 2. The van der Waals surface area contributed by atoms with E-state index in [9.17, 15) is 14.4 Å². The van der Waals surface area contributed by atoms with Gasteiger partial charge in [0, 0.05) is 26.6 Å². The van der Waals surface area contributed by atoms with Gasteiger partial charge in [-0.2, -0.15) is 0 Å². The minimum absolute atomic E-state index is 0.194. The van der Waals surface area contributed by atoms with Crippen molar-refractivity contribution in [1.29, 1.82) is 0 Å². The second kappa shape index (κ2) is 5.79. The molecule has 2 saturated heterocycles. The largest absolute Gasteiger partial charge is 0.329 e. The third-order valence-electron chi connectivity index (χ3n) is 6.66. The number of benzene rings is 1. The Balaban J connectivity index is 1.51. The van der Waals surface area contributed by atoms with E-state index in [0.29, 0.717) is 17.8 Å². The molecule has 142 valence electrons. The molecule has 2 aliphatic heterocycles. The highest BCUT2D eigenvalue weighted by atomic mass is 16.2. The quantitative estimate of drug-likeness (QED) is 0.787. The minimum atomic E-state index is -0.623. The number of hydrogen-bond acceptors (Lipinski definition) is 4. The first-order valence-corrected chi connectivity index (χ1v) is 9.71. The summed E-state index contributed by atoms with van der Waals surface area (Å²) in [5.74, 6) is 0.00560. The highest BCUT2D eigenvalue weighted by Crippen LogP contribution is 2.49. The van der Waals surface area contributed by atoms with Crippen LogP contribution >= 0.6 is 0 Å². The molecule has 1 saturated carbocycles. The van der Waals surface area contributed by atoms with Gasteiger partial charge < -0.3 is 5.32 Å². The van der Waals surface area contributed by atoms with Crippen LogP contribution in [0.5, 0.6) is 0 Å². The second-order valence-corrected chi connectivity index (χ2v) is 8.55. The molecule has 1 atom stereocenters. The fourth-order valence-corrected chi connectivity index (χ4v) is 5.30. The molecule has 27 heavy (non-hydrogen) atoms. The molecule has 7 nitrogen and oxygen atoms in total. The topological polar surface area (TPSA) is 85.1 Å². The molecule has 1 aliphatic carbocycles. The van der Waals surface area contributed by atoms with Crippen molar-refractivity contribution in [1.82, 2.24) is 19.8 Å². The fraction of sp³-hybridized carbons (Fsp3) is 0.550. The van der Waals surface area contributed by atoms with Crippen LogP contribution in [0.2, 0.25) is 0 Å². The molecule has 0 bridgehead atoms. The van der Waals surface area contributed by atoms with Crippen LogP contribution < -0.4 is 16.3 Å². The Hall–Kier alpha value is -2.41. The van der Waals surface area contributed by atoms with E-state index >= 15 is 0 Å². The first-order valence-electron chi connectivity index (χ1n) is 9.71. The van der Waals surface area contributed by atoms with Crippen molar-refractivity contribution >= 4 is 22.8 Å². The third-order valence-corrected chi connectivity index (χ3v) is 6.66. The number of nitrogens with one attached hydrogen (secondary N) is 2. The molecule has 2 N–H and O–H groups in total.